The van der Waals surface area contributed by atoms with E-state index in [0.717, 1.165) is 6.42 Å². The first-order valence-corrected chi connectivity index (χ1v) is 9.18. The number of nitrogens with one attached hydrogen (secondary N) is 1. The number of hydrogen-bond donors (Lipinski definition) is 2. The highest BCUT2D eigenvalue weighted by Crippen LogP contribution is 2.47. The second-order valence-electron chi connectivity index (χ2n) is 7.74. The highest BCUT2D eigenvalue weighted by molar-refractivity contribution is 5.85. The van der Waals surface area contributed by atoms with Crippen LogP contribution in [0.25, 0.3) is 0 Å². The van der Waals surface area contributed by atoms with E-state index in [1.807, 2.05) is 0 Å². The smallest absolute Gasteiger partial charge is 0.225 e. The number of amides is 2. The maximum Gasteiger partial charge on any atom is 0.225 e. The van der Waals surface area contributed by atoms with Gasteiger partial charge in [-0.2, -0.15) is 0 Å². The van der Waals surface area contributed by atoms with Crippen LogP contribution in [-0.4, -0.2) is 31.6 Å². The second kappa shape index (κ2) is 7.16. The van der Waals surface area contributed by atoms with Crippen molar-refractivity contribution in [3.8, 4) is 0 Å². The van der Waals surface area contributed by atoms with Crippen LogP contribution in [0.5, 0.6) is 0 Å². The zero-order chi connectivity index (χ0) is 18.0. The predicted molar refractivity (Wildman–Crippen MR) is 96.1 cm³/mol. The van der Waals surface area contributed by atoms with Crippen molar-refractivity contribution >= 4 is 11.8 Å². The number of benzene rings is 1. The molecular weight excluding hydrogens is 316 g/mol. The molecule has 5 nitrogen and oxygen atoms in total. The molecular formula is C20H28N2O3. The van der Waals surface area contributed by atoms with Crippen molar-refractivity contribution in [1.82, 2.24) is 5.32 Å². The van der Waals surface area contributed by atoms with E-state index in [2.05, 4.69) is 43.4 Å². The van der Waals surface area contributed by atoms with Gasteiger partial charge in [-0.05, 0) is 42.2 Å². The van der Waals surface area contributed by atoms with Crippen molar-refractivity contribution < 1.29 is 14.3 Å². The van der Waals surface area contributed by atoms with Crippen molar-refractivity contribution in [2.24, 2.45) is 17.1 Å². The summed E-state index contributed by atoms with van der Waals surface area (Å²) < 4.78 is 5.32. The van der Waals surface area contributed by atoms with E-state index >= 15 is 0 Å². The summed E-state index contributed by atoms with van der Waals surface area (Å²) in [6.45, 7) is 5.71. The van der Waals surface area contributed by atoms with Crippen LogP contribution in [0, 0.1) is 11.3 Å². The minimum absolute atomic E-state index is 0.00895. The lowest BCUT2D eigenvalue weighted by atomic mass is 9.79. The number of carbonyl (C=O) groups is 2. The molecule has 1 aliphatic heterocycles. The minimum Gasteiger partial charge on any atom is -0.381 e. The van der Waals surface area contributed by atoms with Crippen molar-refractivity contribution in [1.29, 1.82) is 0 Å². The van der Waals surface area contributed by atoms with Gasteiger partial charge in [0.2, 0.25) is 11.8 Å². The number of primary amides is 1. The monoisotopic (exact) mass is 344 g/mol. The molecule has 2 aliphatic rings. The van der Waals surface area contributed by atoms with Gasteiger partial charge >= 0.3 is 0 Å². The van der Waals surface area contributed by atoms with E-state index < -0.39 is 5.41 Å². The van der Waals surface area contributed by atoms with Gasteiger partial charge in [-0.1, -0.05) is 38.1 Å². The second-order valence-corrected chi connectivity index (χ2v) is 7.74. The van der Waals surface area contributed by atoms with E-state index in [1.165, 1.54) is 11.1 Å². The quantitative estimate of drug-likeness (QED) is 0.831. The summed E-state index contributed by atoms with van der Waals surface area (Å²) in [6, 6.07) is 8.57. The van der Waals surface area contributed by atoms with Crippen molar-refractivity contribution in [2.45, 2.75) is 44.9 Å². The summed E-state index contributed by atoms with van der Waals surface area (Å²) in [5, 5.41) is 2.97. The van der Waals surface area contributed by atoms with Gasteiger partial charge in [-0.3, -0.25) is 9.59 Å². The van der Waals surface area contributed by atoms with Crippen molar-refractivity contribution in [3.05, 3.63) is 35.4 Å². The molecule has 1 aromatic carbocycles. The van der Waals surface area contributed by atoms with E-state index in [9.17, 15) is 9.59 Å². The van der Waals surface area contributed by atoms with Crippen LogP contribution in [-0.2, 0) is 14.3 Å². The van der Waals surface area contributed by atoms with E-state index in [0.29, 0.717) is 44.4 Å². The molecule has 1 heterocycles. The van der Waals surface area contributed by atoms with Crippen LogP contribution in [0.3, 0.4) is 0 Å². The molecule has 2 atom stereocenters. The Bertz CT molecular complexity index is 633. The fraction of sp³-hybridized carbons (Fsp3) is 0.600. The number of carbonyl (C=O) groups excluding carboxylic acids is 2. The molecule has 1 saturated heterocycles. The van der Waals surface area contributed by atoms with Crippen LogP contribution < -0.4 is 11.1 Å². The summed E-state index contributed by atoms with van der Waals surface area (Å²) in [6.07, 6.45) is 2.03. The normalized spacial score (nSPS) is 24.8. The molecule has 1 aromatic rings. The topological polar surface area (TPSA) is 81.4 Å². The Morgan fingerprint density at radius 3 is 2.44 bits per heavy atom. The largest absolute Gasteiger partial charge is 0.381 e. The molecule has 1 aliphatic carbocycles. The van der Waals surface area contributed by atoms with Gasteiger partial charge in [0.05, 0.1) is 5.41 Å². The lowest BCUT2D eigenvalue weighted by molar-refractivity contribution is -0.134. The number of ether oxygens (including phenoxy) is 1. The van der Waals surface area contributed by atoms with Crippen LogP contribution in [0.2, 0.25) is 0 Å². The highest BCUT2D eigenvalue weighted by Gasteiger charge is 2.45. The van der Waals surface area contributed by atoms with E-state index in [-0.39, 0.29) is 17.7 Å². The third kappa shape index (κ3) is 3.87. The molecule has 0 bridgehead atoms. The lowest BCUT2D eigenvalue weighted by Crippen LogP contribution is -2.49. The molecule has 5 heteroatoms. The Labute approximate surface area is 149 Å². The highest BCUT2D eigenvalue weighted by atomic mass is 16.5. The van der Waals surface area contributed by atoms with Crippen LogP contribution >= 0.6 is 0 Å². The number of rotatable bonds is 6. The zero-order valence-electron chi connectivity index (χ0n) is 15.1. The summed E-state index contributed by atoms with van der Waals surface area (Å²) in [4.78, 5) is 24.3. The molecule has 2 fully saturated rings. The molecule has 1 saturated carbocycles. The molecule has 0 radical (unpaired) electrons. The molecule has 25 heavy (non-hydrogen) atoms. The van der Waals surface area contributed by atoms with Crippen molar-refractivity contribution in [3.63, 3.8) is 0 Å². The molecule has 3 N–H and O–H groups in total. The average Bonchev–Trinajstić information content (AvgIpc) is 3.41. The molecule has 0 aromatic heterocycles. The van der Waals surface area contributed by atoms with Gasteiger partial charge in [0.1, 0.15) is 0 Å². The van der Waals surface area contributed by atoms with E-state index in [4.69, 9.17) is 10.5 Å². The number of nitrogens with two attached hydrogens (primary N) is 1. The summed E-state index contributed by atoms with van der Waals surface area (Å²) in [7, 11) is 0. The Kier molecular flexibility index (Phi) is 5.13. The third-order valence-corrected chi connectivity index (χ3v) is 5.73. The first-order valence-electron chi connectivity index (χ1n) is 9.18. The van der Waals surface area contributed by atoms with Gasteiger partial charge < -0.3 is 15.8 Å². The summed E-state index contributed by atoms with van der Waals surface area (Å²) >= 11 is 0. The van der Waals surface area contributed by atoms with Gasteiger partial charge in [0, 0.05) is 25.7 Å². The minimum atomic E-state index is -0.656. The first-order chi connectivity index (χ1) is 11.9. The zero-order valence-corrected chi connectivity index (χ0v) is 15.1. The van der Waals surface area contributed by atoms with Gasteiger partial charge in [-0.25, -0.2) is 0 Å². The molecule has 2 amide bonds. The van der Waals surface area contributed by atoms with Crippen molar-refractivity contribution in [2.75, 3.05) is 19.8 Å². The SMILES string of the molecule is CC(C)c1ccc([C@@H]2C[C@@H]2C(=O)NCC2(C(N)=O)CCOCC2)cc1. The molecule has 136 valence electrons. The summed E-state index contributed by atoms with van der Waals surface area (Å²) in [5.41, 5.74) is 7.47. The summed E-state index contributed by atoms with van der Waals surface area (Å²) in [5.74, 6) is 0.504. The Morgan fingerprint density at radius 1 is 1.24 bits per heavy atom. The average molecular weight is 344 g/mol. The lowest BCUT2D eigenvalue weighted by Gasteiger charge is -2.34. The Balaban J connectivity index is 1.55. The van der Waals surface area contributed by atoms with E-state index in [1.54, 1.807) is 0 Å². The maximum atomic E-state index is 12.5. The number of hydrogen-bond acceptors (Lipinski definition) is 3. The molecule has 0 unspecified atom stereocenters. The maximum absolute atomic E-state index is 12.5. The molecule has 0 spiro atoms. The fourth-order valence-electron chi connectivity index (χ4n) is 3.64. The van der Waals surface area contributed by atoms with Gasteiger partial charge in [0.25, 0.3) is 0 Å². The first kappa shape index (κ1) is 17.9. The van der Waals surface area contributed by atoms with Gasteiger partial charge in [0.15, 0.2) is 0 Å². The third-order valence-electron chi connectivity index (χ3n) is 5.73. The van der Waals surface area contributed by atoms with Crippen LogP contribution in [0.4, 0.5) is 0 Å². The predicted octanol–water partition coefficient (Wildman–Crippen LogP) is 2.31. The Hall–Kier alpha value is -1.88. The van der Waals surface area contributed by atoms with Gasteiger partial charge in [-0.15, -0.1) is 0 Å². The van der Waals surface area contributed by atoms with Crippen LogP contribution in [0.1, 0.15) is 56.1 Å². The van der Waals surface area contributed by atoms with Crippen LogP contribution in [0.15, 0.2) is 24.3 Å². The molecule has 3 rings (SSSR count). The fourth-order valence-corrected chi connectivity index (χ4v) is 3.64. The standard InChI is InChI=1S/C20H28N2O3/c1-13(2)14-3-5-15(6-4-14)16-11-17(16)18(23)22-12-20(19(21)24)7-9-25-10-8-20/h3-6,13,16-17H,7-12H2,1-2H3,(H2,21,24)(H,22,23)/t16-,17-/m0/s1. The Morgan fingerprint density at radius 2 is 1.88 bits per heavy atom.